The zero-order valence-electron chi connectivity index (χ0n) is 17.5. The summed E-state index contributed by atoms with van der Waals surface area (Å²) in [7, 11) is 0. The Balaban J connectivity index is 1.85. The molecule has 0 saturated carbocycles. The first-order valence-electron chi connectivity index (χ1n) is 9.85. The molecule has 0 bridgehead atoms. The first-order chi connectivity index (χ1) is 13.5. The topological polar surface area (TPSA) is 98.8 Å². The number of nitrogens with zero attached hydrogens (tertiary/aromatic N) is 2. The summed E-state index contributed by atoms with van der Waals surface area (Å²) < 4.78 is 0. The van der Waals surface area contributed by atoms with E-state index in [9.17, 15) is 19.2 Å². The lowest BCUT2D eigenvalue weighted by Crippen LogP contribution is -2.60. The van der Waals surface area contributed by atoms with Crippen LogP contribution in [0, 0.1) is 5.92 Å². The van der Waals surface area contributed by atoms with Crippen LogP contribution < -0.4 is 15.5 Å². The van der Waals surface area contributed by atoms with Crippen LogP contribution in [0.3, 0.4) is 0 Å². The van der Waals surface area contributed by atoms with E-state index in [0.29, 0.717) is 23.7 Å². The van der Waals surface area contributed by atoms with Gasteiger partial charge < -0.3 is 10.6 Å². The molecule has 0 radical (unpaired) electrons. The van der Waals surface area contributed by atoms with Crippen molar-refractivity contribution < 1.29 is 19.2 Å². The van der Waals surface area contributed by atoms with E-state index in [-0.39, 0.29) is 5.91 Å². The summed E-state index contributed by atoms with van der Waals surface area (Å²) in [5, 5.41) is 5.52. The average molecular weight is 400 g/mol. The zero-order valence-corrected chi connectivity index (χ0v) is 17.5. The van der Waals surface area contributed by atoms with E-state index >= 15 is 0 Å². The molecule has 29 heavy (non-hydrogen) atoms. The van der Waals surface area contributed by atoms with Crippen molar-refractivity contribution in [1.82, 2.24) is 10.2 Å². The highest BCUT2D eigenvalue weighted by Crippen LogP contribution is 2.37. The molecule has 2 heterocycles. The van der Waals surface area contributed by atoms with Crippen molar-refractivity contribution in [2.24, 2.45) is 5.92 Å². The Morgan fingerprint density at radius 1 is 1.10 bits per heavy atom. The molecular formula is C21H28N4O4. The van der Waals surface area contributed by atoms with Crippen molar-refractivity contribution in [2.75, 3.05) is 16.8 Å². The summed E-state index contributed by atoms with van der Waals surface area (Å²) in [5.41, 5.74) is -1.12. The van der Waals surface area contributed by atoms with Gasteiger partial charge in [-0.15, -0.1) is 0 Å². The second-order valence-corrected chi connectivity index (χ2v) is 8.85. The van der Waals surface area contributed by atoms with E-state index in [2.05, 4.69) is 10.6 Å². The summed E-state index contributed by atoms with van der Waals surface area (Å²) in [4.78, 5) is 53.5. The molecule has 8 nitrogen and oxygen atoms in total. The van der Waals surface area contributed by atoms with E-state index in [4.69, 9.17) is 0 Å². The molecule has 2 aliphatic rings. The molecule has 1 fully saturated rings. The number of anilines is 2. The molecule has 3 rings (SSSR count). The predicted molar refractivity (Wildman–Crippen MR) is 109 cm³/mol. The summed E-state index contributed by atoms with van der Waals surface area (Å²) >= 11 is 0. The van der Waals surface area contributed by atoms with Gasteiger partial charge in [-0.25, -0.2) is 4.79 Å². The maximum atomic E-state index is 13.2. The molecule has 0 unspecified atom stereocenters. The summed E-state index contributed by atoms with van der Waals surface area (Å²) in [5.74, 6) is -0.849. The van der Waals surface area contributed by atoms with Crippen molar-refractivity contribution >= 4 is 35.1 Å². The third kappa shape index (κ3) is 3.59. The number of carbonyl (C=O) groups is 4. The minimum Gasteiger partial charge on any atom is -0.323 e. The fraction of sp³-hybridized carbons (Fsp3) is 0.524. The molecule has 1 atom stereocenters. The minimum absolute atomic E-state index is 0.330. The SMILES string of the molecule is CC(C)CC[C@@]1(C)NC(=O)N(CC(=O)N2c3ccccc3NC(=O)C2(C)C)C1=O. The van der Waals surface area contributed by atoms with E-state index in [1.165, 1.54) is 4.90 Å². The van der Waals surface area contributed by atoms with Crippen molar-refractivity contribution in [3.63, 3.8) is 0 Å². The van der Waals surface area contributed by atoms with Crippen LogP contribution >= 0.6 is 0 Å². The molecule has 1 aromatic carbocycles. The van der Waals surface area contributed by atoms with Gasteiger partial charge in [0.1, 0.15) is 17.6 Å². The third-order valence-electron chi connectivity index (χ3n) is 5.62. The molecule has 1 saturated heterocycles. The number of carbonyl (C=O) groups excluding carboxylic acids is 4. The van der Waals surface area contributed by atoms with Gasteiger partial charge in [0.15, 0.2) is 0 Å². The zero-order chi connectivity index (χ0) is 21.6. The fourth-order valence-corrected chi connectivity index (χ4v) is 3.74. The monoisotopic (exact) mass is 400 g/mol. The highest BCUT2D eigenvalue weighted by Gasteiger charge is 2.50. The number of rotatable bonds is 5. The minimum atomic E-state index is -1.16. The number of nitrogens with one attached hydrogen (secondary N) is 2. The van der Waals surface area contributed by atoms with Gasteiger partial charge in [-0.05, 0) is 51.7 Å². The Morgan fingerprint density at radius 2 is 1.76 bits per heavy atom. The number of urea groups is 1. The van der Waals surface area contributed by atoms with Gasteiger partial charge >= 0.3 is 6.03 Å². The number of para-hydroxylation sites is 2. The summed E-state index contributed by atoms with van der Waals surface area (Å²) in [6.45, 7) is 8.63. The maximum absolute atomic E-state index is 13.2. The van der Waals surface area contributed by atoms with Crippen molar-refractivity contribution in [2.45, 2.75) is 58.5 Å². The number of amides is 5. The highest BCUT2D eigenvalue weighted by atomic mass is 16.2. The third-order valence-corrected chi connectivity index (χ3v) is 5.62. The van der Waals surface area contributed by atoms with E-state index in [1.54, 1.807) is 45.0 Å². The van der Waals surface area contributed by atoms with Crippen LogP contribution in [0.4, 0.5) is 16.2 Å². The van der Waals surface area contributed by atoms with Crippen LogP contribution in [0.2, 0.25) is 0 Å². The lowest BCUT2D eigenvalue weighted by molar-refractivity contribution is -0.134. The predicted octanol–water partition coefficient (Wildman–Crippen LogP) is 2.50. The van der Waals surface area contributed by atoms with Gasteiger partial charge in [-0.1, -0.05) is 26.0 Å². The fourth-order valence-electron chi connectivity index (χ4n) is 3.74. The summed E-state index contributed by atoms with van der Waals surface area (Å²) in [6.07, 6.45) is 1.28. The smallest absolute Gasteiger partial charge is 0.323 e. The molecule has 2 N–H and O–H groups in total. The largest absolute Gasteiger partial charge is 0.325 e. The Morgan fingerprint density at radius 3 is 2.41 bits per heavy atom. The number of hydrogen-bond donors (Lipinski definition) is 2. The lowest BCUT2D eigenvalue weighted by atomic mass is 9.92. The number of imide groups is 1. The standard InChI is InChI=1S/C21H28N4O4/c1-13(2)10-11-21(5)18(28)24(19(29)23-21)12-16(26)25-15-9-7-6-8-14(15)22-17(27)20(25,3)4/h6-9,13H,10-12H2,1-5H3,(H,22,27)(H,23,29)/t21-/m1/s1. The lowest BCUT2D eigenvalue weighted by Gasteiger charge is -2.42. The van der Waals surface area contributed by atoms with E-state index < -0.39 is 35.5 Å². The number of fused-ring (bicyclic) bond motifs is 1. The van der Waals surface area contributed by atoms with Crippen LogP contribution in [-0.2, 0) is 14.4 Å². The van der Waals surface area contributed by atoms with Gasteiger partial charge in [-0.3, -0.25) is 24.2 Å². The molecule has 0 spiro atoms. The van der Waals surface area contributed by atoms with Gasteiger partial charge in [-0.2, -0.15) is 0 Å². The van der Waals surface area contributed by atoms with Crippen LogP contribution in [-0.4, -0.2) is 46.3 Å². The molecule has 0 aliphatic carbocycles. The van der Waals surface area contributed by atoms with Crippen molar-refractivity contribution in [3.8, 4) is 0 Å². The molecular weight excluding hydrogens is 372 g/mol. The van der Waals surface area contributed by atoms with Gasteiger partial charge in [0.2, 0.25) is 11.8 Å². The van der Waals surface area contributed by atoms with Crippen LogP contribution in [0.25, 0.3) is 0 Å². The molecule has 5 amide bonds. The molecule has 2 aliphatic heterocycles. The second kappa shape index (κ2) is 7.17. The first kappa shape index (κ1) is 20.8. The van der Waals surface area contributed by atoms with Crippen LogP contribution in [0.1, 0.15) is 47.5 Å². The van der Waals surface area contributed by atoms with Crippen molar-refractivity contribution in [1.29, 1.82) is 0 Å². The molecule has 1 aromatic rings. The highest BCUT2D eigenvalue weighted by molar-refractivity contribution is 6.16. The van der Waals surface area contributed by atoms with E-state index in [1.807, 2.05) is 13.8 Å². The average Bonchev–Trinajstić information content (AvgIpc) is 2.84. The van der Waals surface area contributed by atoms with E-state index in [0.717, 1.165) is 11.3 Å². The number of hydrogen-bond acceptors (Lipinski definition) is 4. The number of benzene rings is 1. The first-order valence-corrected chi connectivity index (χ1v) is 9.85. The maximum Gasteiger partial charge on any atom is 0.325 e. The van der Waals surface area contributed by atoms with Gasteiger partial charge in [0, 0.05) is 0 Å². The van der Waals surface area contributed by atoms with Crippen LogP contribution in [0.5, 0.6) is 0 Å². The van der Waals surface area contributed by atoms with Crippen molar-refractivity contribution in [3.05, 3.63) is 24.3 Å². The Hall–Kier alpha value is -2.90. The second-order valence-electron chi connectivity index (χ2n) is 8.85. The molecule has 0 aromatic heterocycles. The summed E-state index contributed by atoms with van der Waals surface area (Å²) in [6, 6.07) is 6.38. The Labute approximate surface area is 170 Å². The van der Waals surface area contributed by atoms with Gasteiger partial charge in [0.25, 0.3) is 5.91 Å². The van der Waals surface area contributed by atoms with Crippen LogP contribution in [0.15, 0.2) is 24.3 Å². The van der Waals surface area contributed by atoms with Gasteiger partial charge in [0.05, 0.1) is 11.4 Å². The Kier molecular flexibility index (Phi) is 5.15. The normalized spacial score (nSPS) is 23.2. The Bertz CT molecular complexity index is 879. The molecule has 156 valence electrons. The quantitative estimate of drug-likeness (QED) is 0.742. The molecule has 8 heteroatoms.